The maximum atomic E-state index is 5.28. The van der Waals surface area contributed by atoms with E-state index >= 15 is 0 Å². The van der Waals surface area contributed by atoms with E-state index in [9.17, 15) is 0 Å². The number of likely N-dealkylation sites (N-methyl/N-ethyl adjacent to an activating group) is 1. The molecular formula is C45H34N6. The SMILES string of the molecule is CN1C(c2ccccc2)=NC(c2ccccc2)=NC1C1=CC(n2c3ccccc3c3cc4c5ccccc5n(-c5ccccc5)c4cc32)NC=C1. The highest BCUT2D eigenvalue weighted by Crippen LogP contribution is 2.40. The quantitative estimate of drug-likeness (QED) is 0.200. The predicted octanol–water partition coefficient (Wildman–Crippen LogP) is 9.60. The van der Waals surface area contributed by atoms with Crippen molar-refractivity contribution < 1.29 is 0 Å². The van der Waals surface area contributed by atoms with Gasteiger partial charge in [0.1, 0.15) is 18.2 Å². The molecule has 2 unspecified atom stereocenters. The lowest BCUT2D eigenvalue weighted by Gasteiger charge is -2.34. The molecule has 0 fully saturated rings. The number of rotatable bonds is 5. The van der Waals surface area contributed by atoms with Crippen LogP contribution in [-0.4, -0.2) is 38.9 Å². The molecule has 0 radical (unpaired) electrons. The number of fused-ring (bicyclic) bond motifs is 6. The van der Waals surface area contributed by atoms with Crippen molar-refractivity contribution in [2.24, 2.45) is 9.98 Å². The molecule has 0 saturated heterocycles. The normalized spacial score (nSPS) is 17.5. The average molecular weight is 659 g/mol. The van der Waals surface area contributed by atoms with Crippen molar-refractivity contribution >= 4 is 55.3 Å². The first-order valence-electron chi connectivity index (χ1n) is 17.4. The molecule has 8 aromatic rings. The molecule has 2 aromatic heterocycles. The van der Waals surface area contributed by atoms with Gasteiger partial charge >= 0.3 is 0 Å². The van der Waals surface area contributed by atoms with Crippen LogP contribution >= 0.6 is 0 Å². The van der Waals surface area contributed by atoms with Gasteiger partial charge in [-0.3, -0.25) is 0 Å². The van der Waals surface area contributed by atoms with Crippen LogP contribution in [0.4, 0.5) is 0 Å². The topological polar surface area (TPSA) is 49.9 Å². The van der Waals surface area contributed by atoms with E-state index in [4.69, 9.17) is 9.98 Å². The number of amidine groups is 2. The zero-order valence-electron chi connectivity index (χ0n) is 28.1. The second-order valence-electron chi connectivity index (χ2n) is 13.2. The van der Waals surface area contributed by atoms with E-state index in [0.717, 1.165) is 34.1 Å². The van der Waals surface area contributed by atoms with Gasteiger partial charge in [0.15, 0.2) is 5.84 Å². The Morgan fingerprint density at radius 2 is 1.18 bits per heavy atom. The molecular weight excluding hydrogens is 625 g/mol. The fourth-order valence-corrected chi connectivity index (χ4v) is 7.87. The second-order valence-corrected chi connectivity index (χ2v) is 13.2. The molecule has 2 aliphatic rings. The van der Waals surface area contributed by atoms with E-state index < -0.39 is 0 Å². The number of nitrogens with one attached hydrogen (secondary N) is 1. The van der Waals surface area contributed by atoms with E-state index in [-0.39, 0.29) is 12.3 Å². The zero-order valence-corrected chi connectivity index (χ0v) is 28.1. The molecule has 2 aliphatic heterocycles. The molecule has 244 valence electrons. The third kappa shape index (κ3) is 4.71. The highest BCUT2D eigenvalue weighted by Gasteiger charge is 2.30. The Bertz CT molecular complexity index is 2730. The van der Waals surface area contributed by atoms with Crippen LogP contribution in [0, 0.1) is 0 Å². The standard InChI is InChI=1S/C45H34N6/c1-49-44(31-17-7-3-8-18-31)47-43(30-15-5-2-6-16-30)48-45(49)32-25-26-46-42(27-32)51-39-24-14-12-22-35(39)37-28-36-34-21-11-13-23-38(34)50(40(36)29-41(37)51)33-19-9-4-10-20-33/h2-29,42,45-46H,1H3. The number of aliphatic imine (C=N–C) groups is 2. The molecule has 0 bridgehead atoms. The van der Waals surface area contributed by atoms with Crippen molar-refractivity contribution in [1.82, 2.24) is 19.4 Å². The van der Waals surface area contributed by atoms with Crippen molar-refractivity contribution in [3.63, 3.8) is 0 Å². The van der Waals surface area contributed by atoms with Crippen LogP contribution in [0.15, 0.2) is 186 Å². The minimum Gasteiger partial charge on any atom is -0.368 e. The van der Waals surface area contributed by atoms with Crippen LogP contribution in [0.25, 0.3) is 49.3 Å². The van der Waals surface area contributed by atoms with E-state index in [1.165, 1.54) is 43.6 Å². The lowest BCUT2D eigenvalue weighted by atomic mass is 10.1. The lowest BCUT2D eigenvalue weighted by molar-refractivity contribution is 0.415. The average Bonchev–Trinajstić information content (AvgIpc) is 3.70. The smallest absolute Gasteiger partial charge is 0.159 e. The Morgan fingerprint density at radius 1 is 0.569 bits per heavy atom. The van der Waals surface area contributed by atoms with Gasteiger partial charge < -0.3 is 19.4 Å². The highest BCUT2D eigenvalue weighted by molar-refractivity contribution is 6.19. The summed E-state index contributed by atoms with van der Waals surface area (Å²) < 4.78 is 4.83. The fraction of sp³-hybridized carbons (Fsp3) is 0.0667. The summed E-state index contributed by atoms with van der Waals surface area (Å²) >= 11 is 0. The molecule has 0 saturated carbocycles. The van der Waals surface area contributed by atoms with Gasteiger partial charge in [-0.2, -0.15) is 0 Å². The van der Waals surface area contributed by atoms with Crippen LogP contribution < -0.4 is 5.32 Å². The first-order valence-corrected chi connectivity index (χ1v) is 17.4. The minimum atomic E-state index is -0.269. The van der Waals surface area contributed by atoms with Gasteiger partial charge in [-0.25, -0.2) is 9.98 Å². The second kappa shape index (κ2) is 11.7. The molecule has 2 atom stereocenters. The van der Waals surface area contributed by atoms with Crippen LogP contribution in [0.3, 0.4) is 0 Å². The molecule has 1 N–H and O–H groups in total. The van der Waals surface area contributed by atoms with Gasteiger partial charge in [-0.1, -0.05) is 115 Å². The van der Waals surface area contributed by atoms with E-state index in [1.54, 1.807) is 0 Å². The number of dihydropyridines is 1. The van der Waals surface area contributed by atoms with Crippen LogP contribution in [0.1, 0.15) is 17.3 Å². The first-order chi connectivity index (χ1) is 25.2. The molecule has 4 heterocycles. The molecule has 6 heteroatoms. The van der Waals surface area contributed by atoms with Gasteiger partial charge in [0.05, 0.1) is 22.1 Å². The van der Waals surface area contributed by atoms with Crippen LogP contribution in [0.2, 0.25) is 0 Å². The summed E-state index contributed by atoms with van der Waals surface area (Å²) in [6, 6.07) is 53.6. The van der Waals surface area contributed by atoms with Crippen LogP contribution in [-0.2, 0) is 0 Å². The third-order valence-electron chi connectivity index (χ3n) is 10.2. The maximum Gasteiger partial charge on any atom is 0.159 e. The number of benzene rings is 6. The summed E-state index contributed by atoms with van der Waals surface area (Å²) in [4.78, 5) is 12.6. The summed E-state index contributed by atoms with van der Waals surface area (Å²) in [5.74, 6) is 1.63. The van der Waals surface area contributed by atoms with Gasteiger partial charge in [0.25, 0.3) is 0 Å². The lowest BCUT2D eigenvalue weighted by Crippen LogP contribution is -2.42. The predicted molar refractivity (Wildman–Crippen MR) is 211 cm³/mol. The molecule has 10 rings (SSSR count). The van der Waals surface area contributed by atoms with Crippen molar-refractivity contribution in [2.45, 2.75) is 12.3 Å². The van der Waals surface area contributed by atoms with E-state index in [1.807, 2.05) is 24.3 Å². The van der Waals surface area contributed by atoms with Gasteiger partial charge in [0, 0.05) is 45.4 Å². The summed E-state index contributed by atoms with van der Waals surface area (Å²) in [7, 11) is 2.09. The number of hydrogen-bond acceptors (Lipinski definition) is 4. The molecule has 51 heavy (non-hydrogen) atoms. The van der Waals surface area contributed by atoms with Crippen molar-refractivity contribution in [3.8, 4) is 5.69 Å². The summed E-state index contributed by atoms with van der Waals surface area (Å²) in [6.45, 7) is 0. The Balaban J connectivity index is 1.16. The molecule has 0 aliphatic carbocycles. The Kier molecular flexibility index (Phi) is 6.74. The van der Waals surface area contributed by atoms with Crippen molar-refractivity contribution in [3.05, 3.63) is 187 Å². The number of nitrogens with zero attached hydrogens (tertiary/aromatic N) is 5. The van der Waals surface area contributed by atoms with Gasteiger partial charge in [-0.15, -0.1) is 0 Å². The van der Waals surface area contributed by atoms with E-state index in [0.29, 0.717) is 0 Å². The molecule has 6 nitrogen and oxygen atoms in total. The molecule has 0 amide bonds. The summed E-state index contributed by atoms with van der Waals surface area (Å²) in [5.41, 5.74) is 9.04. The zero-order chi connectivity index (χ0) is 33.9. The van der Waals surface area contributed by atoms with Crippen LogP contribution in [0.5, 0.6) is 0 Å². The Hall–Kier alpha value is -6.66. The first kappa shape index (κ1) is 29.3. The Morgan fingerprint density at radius 3 is 1.92 bits per heavy atom. The van der Waals surface area contributed by atoms with Gasteiger partial charge in [-0.05, 0) is 60.3 Å². The monoisotopic (exact) mass is 658 g/mol. The number of aromatic nitrogens is 2. The molecule has 0 spiro atoms. The molecule has 6 aromatic carbocycles. The van der Waals surface area contributed by atoms with Crippen molar-refractivity contribution in [1.29, 1.82) is 0 Å². The van der Waals surface area contributed by atoms with Gasteiger partial charge in [0.2, 0.25) is 0 Å². The van der Waals surface area contributed by atoms with Crippen molar-refractivity contribution in [2.75, 3.05) is 7.05 Å². The summed E-state index contributed by atoms with van der Waals surface area (Å²) in [5, 5.41) is 8.66. The number of para-hydroxylation sites is 3. The highest BCUT2D eigenvalue weighted by atomic mass is 15.3. The summed E-state index contributed by atoms with van der Waals surface area (Å²) in [6.07, 6.45) is 6.12. The minimum absolute atomic E-state index is 0.151. The maximum absolute atomic E-state index is 5.28. The Labute approximate surface area is 295 Å². The van der Waals surface area contributed by atoms with E-state index in [2.05, 4.69) is 172 Å². The fourth-order valence-electron chi connectivity index (χ4n) is 7.87. The third-order valence-corrected chi connectivity index (χ3v) is 10.2. The number of hydrogen-bond donors (Lipinski definition) is 1. The largest absolute Gasteiger partial charge is 0.368 e.